The first-order chi connectivity index (χ1) is 19.0. The Morgan fingerprint density at radius 1 is 0.846 bits per heavy atom. The average Bonchev–Trinajstić information content (AvgIpc) is 3.24. The number of carbonyl (C=O) groups excluding carboxylic acids is 3. The molecular weight excluding hydrogens is 494 g/mol. The number of amides is 3. The Morgan fingerprint density at radius 2 is 1.64 bits per heavy atom. The van der Waals surface area contributed by atoms with Crippen molar-refractivity contribution in [3.05, 3.63) is 99.5 Å². The van der Waals surface area contributed by atoms with Gasteiger partial charge in [-0.2, -0.15) is 0 Å². The minimum absolute atomic E-state index is 0.0722. The second-order valence-electron chi connectivity index (χ2n) is 10.9. The minimum Gasteiger partial charge on any atom is -0.353 e. The molecule has 9 heteroatoms. The Kier molecular flexibility index (Phi) is 5.62. The molecule has 7 rings (SSSR count). The molecule has 39 heavy (non-hydrogen) atoms. The van der Waals surface area contributed by atoms with Gasteiger partial charge >= 0.3 is 0 Å². The van der Waals surface area contributed by atoms with Crippen molar-refractivity contribution in [1.29, 1.82) is 0 Å². The molecular formula is C30H29N5O4. The van der Waals surface area contributed by atoms with Gasteiger partial charge in [-0.05, 0) is 36.6 Å². The SMILES string of the molecule is O=C(CN1C(=O)c2ccccc2N2C(=O)c3ccccc3C12)NCCN1C[C@H]2C[C@@H](C1)c1cccc(=O)n1C2. The highest BCUT2D eigenvalue weighted by atomic mass is 16.2. The van der Waals surface area contributed by atoms with E-state index < -0.39 is 6.17 Å². The molecule has 1 unspecified atom stereocenters. The quantitative estimate of drug-likeness (QED) is 0.554. The summed E-state index contributed by atoms with van der Waals surface area (Å²) in [7, 11) is 0. The molecule has 3 atom stereocenters. The lowest BCUT2D eigenvalue weighted by Gasteiger charge is -2.43. The van der Waals surface area contributed by atoms with Crippen molar-refractivity contribution < 1.29 is 14.4 Å². The van der Waals surface area contributed by atoms with Crippen molar-refractivity contribution in [2.75, 3.05) is 37.6 Å². The second kappa shape index (κ2) is 9.20. The van der Waals surface area contributed by atoms with Crippen LogP contribution in [0, 0.1) is 5.92 Å². The highest BCUT2D eigenvalue weighted by molar-refractivity contribution is 6.17. The van der Waals surface area contributed by atoms with E-state index >= 15 is 0 Å². The maximum atomic E-state index is 13.5. The lowest BCUT2D eigenvalue weighted by molar-refractivity contribution is -0.122. The van der Waals surface area contributed by atoms with Crippen LogP contribution in [0.3, 0.4) is 0 Å². The molecule has 0 aliphatic carbocycles. The summed E-state index contributed by atoms with van der Waals surface area (Å²) in [6.45, 7) is 3.51. The van der Waals surface area contributed by atoms with Crippen LogP contribution in [0.25, 0.3) is 0 Å². The zero-order valence-corrected chi connectivity index (χ0v) is 21.5. The van der Waals surface area contributed by atoms with Gasteiger partial charge in [-0.15, -0.1) is 0 Å². The molecule has 0 spiro atoms. The van der Waals surface area contributed by atoms with Gasteiger partial charge in [0.25, 0.3) is 17.4 Å². The van der Waals surface area contributed by atoms with Crippen LogP contribution in [0.2, 0.25) is 0 Å². The van der Waals surface area contributed by atoms with Crippen LogP contribution in [-0.2, 0) is 11.3 Å². The molecule has 1 saturated heterocycles. The van der Waals surface area contributed by atoms with Gasteiger partial charge in [0.05, 0.1) is 11.3 Å². The van der Waals surface area contributed by atoms with E-state index in [2.05, 4.69) is 16.3 Å². The number of hydrogen-bond donors (Lipinski definition) is 1. The van der Waals surface area contributed by atoms with Gasteiger partial charge in [0, 0.05) is 61.5 Å². The zero-order chi connectivity index (χ0) is 26.7. The number of nitrogens with zero attached hydrogens (tertiary/aromatic N) is 4. The third-order valence-corrected chi connectivity index (χ3v) is 8.50. The first-order valence-corrected chi connectivity index (χ1v) is 13.5. The molecule has 198 valence electrons. The second-order valence-corrected chi connectivity index (χ2v) is 10.9. The molecule has 3 aromatic rings. The molecule has 2 aromatic carbocycles. The van der Waals surface area contributed by atoms with E-state index in [0.717, 1.165) is 37.3 Å². The van der Waals surface area contributed by atoms with Gasteiger partial charge < -0.3 is 19.7 Å². The Balaban J connectivity index is 1.04. The summed E-state index contributed by atoms with van der Waals surface area (Å²) in [6, 6.07) is 19.9. The predicted molar refractivity (Wildman–Crippen MR) is 144 cm³/mol. The van der Waals surface area contributed by atoms with Gasteiger partial charge in [0.1, 0.15) is 12.7 Å². The normalized spacial score (nSPS) is 23.1. The maximum absolute atomic E-state index is 13.5. The van der Waals surface area contributed by atoms with Crippen molar-refractivity contribution in [2.45, 2.75) is 25.0 Å². The third kappa shape index (κ3) is 3.87. The average molecular weight is 524 g/mol. The Labute approximate surface area is 225 Å². The number of carbonyl (C=O) groups is 3. The largest absolute Gasteiger partial charge is 0.353 e. The summed E-state index contributed by atoms with van der Waals surface area (Å²) in [5.41, 5.74) is 3.45. The molecule has 1 fully saturated rings. The van der Waals surface area contributed by atoms with Gasteiger partial charge in [0.15, 0.2) is 0 Å². The Bertz CT molecular complexity index is 1560. The number of hydrogen-bond acceptors (Lipinski definition) is 5. The molecule has 1 aromatic heterocycles. The van der Waals surface area contributed by atoms with E-state index in [9.17, 15) is 19.2 Å². The van der Waals surface area contributed by atoms with Crippen molar-refractivity contribution >= 4 is 23.4 Å². The fourth-order valence-corrected chi connectivity index (χ4v) is 6.88. The minimum atomic E-state index is -0.646. The number of nitrogens with one attached hydrogen (secondary N) is 1. The fourth-order valence-electron chi connectivity index (χ4n) is 6.88. The summed E-state index contributed by atoms with van der Waals surface area (Å²) >= 11 is 0. The van der Waals surface area contributed by atoms with E-state index in [-0.39, 0.29) is 29.8 Å². The lowest BCUT2D eigenvalue weighted by Crippen LogP contribution is -2.52. The topological polar surface area (TPSA) is 95.0 Å². The molecule has 4 aliphatic heterocycles. The van der Waals surface area contributed by atoms with E-state index in [1.165, 1.54) is 4.90 Å². The van der Waals surface area contributed by atoms with E-state index in [1.807, 2.05) is 34.9 Å². The number of aromatic nitrogens is 1. The number of pyridine rings is 1. The standard InChI is InChI=1S/C30H29N5O4/c36-26(31-12-13-32-15-19-14-20(17-32)24-10-5-11-27(37)33(24)16-19)18-34-28-21-6-1-2-7-22(21)30(39)35(28)25-9-4-3-8-23(25)29(34)38/h1-11,19-20,28H,12-18H2,(H,31,36)/t19-,20+,28?/m1/s1. The van der Waals surface area contributed by atoms with Gasteiger partial charge in [0.2, 0.25) is 5.91 Å². The molecule has 1 N–H and O–H groups in total. The zero-order valence-electron chi connectivity index (χ0n) is 21.5. The first-order valence-electron chi connectivity index (χ1n) is 13.5. The number of anilines is 1. The van der Waals surface area contributed by atoms with Gasteiger partial charge in [-0.1, -0.05) is 36.4 Å². The van der Waals surface area contributed by atoms with Crippen LogP contribution in [0.4, 0.5) is 5.69 Å². The number of likely N-dealkylation sites (tertiary alicyclic amines) is 1. The van der Waals surface area contributed by atoms with Crippen LogP contribution < -0.4 is 15.8 Å². The van der Waals surface area contributed by atoms with Crippen LogP contribution in [0.15, 0.2) is 71.5 Å². The molecule has 4 aliphatic rings. The molecule has 3 amide bonds. The smallest absolute Gasteiger partial charge is 0.260 e. The number of para-hydroxylation sites is 1. The van der Waals surface area contributed by atoms with E-state index in [1.54, 1.807) is 35.2 Å². The highest BCUT2D eigenvalue weighted by Crippen LogP contribution is 2.45. The predicted octanol–water partition coefficient (Wildman–Crippen LogP) is 2.20. The van der Waals surface area contributed by atoms with Gasteiger partial charge in [-0.3, -0.25) is 24.1 Å². The number of rotatable bonds is 5. The number of benzene rings is 2. The Hall–Kier alpha value is -4.24. The summed E-state index contributed by atoms with van der Waals surface area (Å²) < 4.78 is 1.92. The molecule has 0 saturated carbocycles. The van der Waals surface area contributed by atoms with Crippen molar-refractivity contribution in [1.82, 2.24) is 19.7 Å². The Morgan fingerprint density at radius 3 is 2.51 bits per heavy atom. The van der Waals surface area contributed by atoms with Crippen LogP contribution in [-0.4, -0.2) is 64.8 Å². The van der Waals surface area contributed by atoms with Crippen LogP contribution in [0.5, 0.6) is 0 Å². The first kappa shape index (κ1) is 23.8. The monoisotopic (exact) mass is 523 g/mol. The van der Waals surface area contributed by atoms with Gasteiger partial charge in [-0.25, -0.2) is 0 Å². The molecule has 5 heterocycles. The summed E-state index contributed by atoms with van der Waals surface area (Å²) in [4.78, 5) is 57.8. The van der Waals surface area contributed by atoms with Crippen LogP contribution >= 0.6 is 0 Å². The maximum Gasteiger partial charge on any atom is 0.260 e. The summed E-state index contributed by atoms with van der Waals surface area (Å²) in [5.74, 6) is 0.0569. The molecule has 9 nitrogen and oxygen atoms in total. The summed E-state index contributed by atoms with van der Waals surface area (Å²) in [6.07, 6.45) is 0.440. The van der Waals surface area contributed by atoms with E-state index in [4.69, 9.17) is 0 Å². The van der Waals surface area contributed by atoms with Crippen molar-refractivity contribution in [3.8, 4) is 0 Å². The lowest BCUT2D eigenvalue weighted by atomic mass is 9.83. The van der Waals surface area contributed by atoms with Crippen LogP contribution in [0.1, 0.15) is 50.5 Å². The van der Waals surface area contributed by atoms with E-state index in [0.29, 0.717) is 41.7 Å². The third-order valence-electron chi connectivity index (χ3n) is 8.50. The fraction of sp³-hybridized carbons (Fsp3) is 0.333. The van der Waals surface area contributed by atoms with Crippen molar-refractivity contribution in [2.24, 2.45) is 5.92 Å². The molecule has 2 bridgehead atoms. The highest BCUT2D eigenvalue weighted by Gasteiger charge is 2.48. The number of fused-ring (bicyclic) bond motifs is 9. The molecule has 0 radical (unpaired) electrons. The van der Waals surface area contributed by atoms with Crippen molar-refractivity contribution in [3.63, 3.8) is 0 Å². The summed E-state index contributed by atoms with van der Waals surface area (Å²) in [5, 5.41) is 3.00. The number of piperidine rings is 1.